The fraction of sp³-hybridized carbons (Fsp3) is 0.308. The maximum Gasteiger partial charge on any atom is 0.262 e. The van der Waals surface area contributed by atoms with E-state index < -0.39 is 10.0 Å². The van der Waals surface area contributed by atoms with E-state index in [2.05, 4.69) is 9.87 Å². The summed E-state index contributed by atoms with van der Waals surface area (Å²) < 4.78 is 24.1. The molecule has 0 aliphatic rings. The lowest BCUT2D eigenvalue weighted by atomic mass is 10.2. The van der Waals surface area contributed by atoms with Gasteiger partial charge in [-0.3, -0.25) is 4.84 Å². The van der Waals surface area contributed by atoms with Gasteiger partial charge in [0.1, 0.15) is 5.15 Å². The zero-order chi connectivity index (χ0) is 14.8. The van der Waals surface area contributed by atoms with Gasteiger partial charge in [0.25, 0.3) is 10.0 Å². The molecular formula is C13H15ClN2O3S. The summed E-state index contributed by atoms with van der Waals surface area (Å²) in [5.41, 5.74) is 0.638. The molecule has 7 heteroatoms. The molecule has 2 aromatic rings. The number of hydrogen-bond acceptors (Lipinski definition) is 4. The van der Waals surface area contributed by atoms with Gasteiger partial charge in [-0.05, 0) is 36.2 Å². The zero-order valence-electron chi connectivity index (χ0n) is 11.1. The fourth-order valence-electron chi connectivity index (χ4n) is 1.57. The first kappa shape index (κ1) is 15.2. The molecule has 0 spiro atoms. The van der Waals surface area contributed by atoms with E-state index in [-0.39, 0.29) is 10.8 Å². The predicted octanol–water partition coefficient (Wildman–Crippen LogP) is 2.75. The monoisotopic (exact) mass is 314 g/mol. The minimum absolute atomic E-state index is 0.123. The van der Waals surface area contributed by atoms with Crippen LogP contribution < -0.4 is 4.89 Å². The summed E-state index contributed by atoms with van der Waals surface area (Å²) in [6.07, 6.45) is 0. The second-order valence-electron chi connectivity index (χ2n) is 4.78. The maximum atomic E-state index is 12.0. The Morgan fingerprint density at radius 3 is 2.75 bits per heavy atom. The van der Waals surface area contributed by atoms with Crippen molar-refractivity contribution in [2.24, 2.45) is 5.92 Å². The number of hydrogen-bond donors (Lipinski definition) is 1. The highest BCUT2D eigenvalue weighted by Crippen LogP contribution is 2.19. The second kappa shape index (κ2) is 6.05. The molecule has 1 aromatic carbocycles. The van der Waals surface area contributed by atoms with E-state index in [1.165, 1.54) is 12.1 Å². The molecule has 1 N–H and O–H groups in total. The molecule has 1 aromatic heterocycles. The van der Waals surface area contributed by atoms with Gasteiger partial charge in [-0.1, -0.05) is 30.3 Å². The molecule has 0 atom stereocenters. The molecule has 1 heterocycles. The second-order valence-corrected chi connectivity index (χ2v) is 6.81. The number of benzene rings is 1. The zero-order valence-corrected chi connectivity index (χ0v) is 12.7. The van der Waals surface area contributed by atoms with Gasteiger partial charge in [-0.2, -0.15) is 0 Å². The first-order valence-electron chi connectivity index (χ1n) is 6.08. The number of fused-ring (bicyclic) bond motifs is 1. The van der Waals surface area contributed by atoms with E-state index in [0.29, 0.717) is 22.7 Å². The molecule has 5 nitrogen and oxygen atoms in total. The Kier molecular flexibility index (Phi) is 4.59. The lowest BCUT2D eigenvalue weighted by Gasteiger charge is -2.09. The van der Waals surface area contributed by atoms with Crippen LogP contribution >= 0.6 is 11.6 Å². The maximum absolute atomic E-state index is 12.0. The third-order valence-electron chi connectivity index (χ3n) is 2.52. The molecule has 0 aliphatic heterocycles. The van der Waals surface area contributed by atoms with Crippen molar-refractivity contribution in [2.45, 2.75) is 18.7 Å². The van der Waals surface area contributed by atoms with Gasteiger partial charge in [-0.25, -0.2) is 13.4 Å². The topological polar surface area (TPSA) is 68.3 Å². The van der Waals surface area contributed by atoms with Gasteiger partial charge in [0.05, 0.1) is 17.0 Å². The van der Waals surface area contributed by atoms with Crippen LogP contribution in [0.5, 0.6) is 0 Å². The van der Waals surface area contributed by atoms with Gasteiger partial charge in [0.2, 0.25) is 0 Å². The Labute approximate surface area is 122 Å². The van der Waals surface area contributed by atoms with Crippen LogP contribution in [-0.4, -0.2) is 20.0 Å². The van der Waals surface area contributed by atoms with Crippen LogP contribution in [0.3, 0.4) is 0 Å². The van der Waals surface area contributed by atoms with Crippen LogP contribution in [0.25, 0.3) is 10.9 Å². The molecule has 2 rings (SSSR count). The predicted molar refractivity (Wildman–Crippen MR) is 77.9 cm³/mol. The third-order valence-corrected chi connectivity index (χ3v) is 3.94. The molecule has 20 heavy (non-hydrogen) atoms. The Bertz CT molecular complexity index is 717. The Hall–Kier alpha value is -1.21. The van der Waals surface area contributed by atoms with Crippen LogP contribution in [-0.2, 0) is 14.9 Å². The van der Waals surface area contributed by atoms with E-state index in [1.807, 2.05) is 13.8 Å². The van der Waals surface area contributed by atoms with E-state index in [0.717, 1.165) is 0 Å². The Morgan fingerprint density at radius 2 is 2.05 bits per heavy atom. The van der Waals surface area contributed by atoms with Gasteiger partial charge in [0.15, 0.2) is 0 Å². The molecule has 0 saturated heterocycles. The van der Waals surface area contributed by atoms with Gasteiger partial charge < -0.3 is 0 Å². The highest BCUT2D eigenvalue weighted by molar-refractivity contribution is 7.89. The SMILES string of the molecule is CC(C)CONS(=O)(=O)c1ccc2nc(Cl)ccc2c1. The van der Waals surface area contributed by atoms with Crippen molar-refractivity contribution in [3.05, 3.63) is 35.5 Å². The first-order chi connectivity index (χ1) is 9.38. The summed E-state index contributed by atoms with van der Waals surface area (Å²) in [5.74, 6) is 0.237. The van der Waals surface area contributed by atoms with E-state index in [1.54, 1.807) is 18.2 Å². The smallest absolute Gasteiger partial charge is 0.262 e. The molecule has 0 unspecified atom stereocenters. The summed E-state index contributed by atoms with van der Waals surface area (Å²) in [5, 5.41) is 1.06. The number of nitrogens with one attached hydrogen (secondary N) is 1. The van der Waals surface area contributed by atoms with Crippen molar-refractivity contribution in [1.29, 1.82) is 0 Å². The summed E-state index contributed by atoms with van der Waals surface area (Å²) in [4.78, 5) is 11.3. The minimum Gasteiger partial charge on any atom is -0.287 e. The largest absolute Gasteiger partial charge is 0.287 e. The summed E-state index contributed by atoms with van der Waals surface area (Å²) in [6.45, 7) is 4.17. The van der Waals surface area contributed by atoms with Crippen LogP contribution in [0.1, 0.15) is 13.8 Å². The number of halogens is 1. The van der Waals surface area contributed by atoms with Crippen molar-refractivity contribution < 1.29 is 13.3 Å². The lowest BCUT2D eigenvalue weighted by Crippen LogP contribution is -2.25. The standard InChI is InChI=1S/C13H15ClN2O3S/c1-9(2)8-19-16-20(17,18)11-4-5-12-10(7-11)3-6-13(14)15-12/h3-7,9,16H,8H2,1-2H3. The quantitative estimate of drug-likeness (QED) is 0.680. The fourth-order valence-corrected chi connectivity index (χ4v) is 2.58. The molecule has 108 valence electrons. The number of rotatable bonds is 5. The molecule has 0 bridgehead atoms. The van der Waals surface area contributed by atoms with Crippen molar-refractivity contribution in [2.75, 3.05) is 6.61 Å². The van der Waals surface area contributed by atoms with Gasteiger partial charge in [0, 0.05) is 5.39 Å². The summed E-state index contributed by atoms with van der Waals surface area (Å²) in [6, 6.07) is 7.94. The van der Waals surface area contributed by atoms with Crippen LogP contribution in [0, 0.1) is 5.92 Å². The average Bonchev–Trinajstić information content (AvgIpc) is 2.37. The highest BCUT2D eigenvalue weighted by Gasteiger charge is 2.15. The summed E-state index contributed by atoms with van der Waals surface area (Å²) in [7, 11) is -3.69. The average molecular weight is 315 g/mol. The van der Waals surface area contributed by atoms with E-state index >= 15 is 0 Å². The van der Waals surface area contributed by atoms with Crippen LogP contribution in [0.4, 0.5) is 0 Å². The highest BCUT2D eigenvalue weighted by atomic mass is 35.5. The molecule has 0 amide bonds. The molecule has 0 aliphatic carbocycles. The first-order valence-corrected chi connectivity index (χ1v) is 7.94. The molecule has 0 fully saturated rings. The third kappa shape index (κ3) is 3.67. The number of sulfonamides is 1. The van der Waals surface area contributed by atoms with Crippen molar-refractivity contribution in [3.8, 4) is 0 Å². The van der Waals surface area contributed by atoms with Crippen LogP contribution in [0.2, 0.25) is 5.15 Å². The van der Waals surface area contributed by atoms with E-state index in [9.17, 15) is 8.42 Å². The molecular weight excluding hydrogens is 300 g/mol. The Morgan fingerprint density at radius 1 is 1.30 bits per heavy atom. The molecule has 0 saturated carbocycles. The van der Waals surface area contributed by atoms with Crippen molar-refractivity contribution in [1.82, 2.24) is 9.87 Å². The lowest BCUT2D eigenvalue weighted by molar-refractivity contribution is 0.0719. The van der Waals surface area contributed by atoms with Crippen LogP contribution in [0.15, 0.2) is 35.2 Å². The Balaban J connectivity index is 2.25. The van der Waals surface area contributed by atoms with Crippen molar-refractivity contribution >= 4 is 32.5 Å². The number of pyridine rings is 1. The normalized spacial score (nSPS) is 12.2. The number of nitrogens with zero attached hydrogens (tertiary/aromatic N) is 1. The minimum atomic E-state index is -3.69. The summed E-state index contributed by atoms with van der Waals surface area (Å²) >= 11 is 5.78. The van der Waals surface area contributed by atoms with Gasteiger partial charge >= 0.3 is 0 Å². The van der Waals surface area contributed by atoms with E-state index in [4.69, 9.17) is 16.4 Å². The molecule has 0 radical (unpaired) electrons. The van der Waals surface area contributed by atoms with Crippen molar-refractivity contribution in [3.63, 3.8) is 0 Å². The van der Waals surface area contributed by atoms with Gasteiger partial charge in [-0.15, -0.1) is 0 Å². The number of aromatic nitrogens is 1.